The van der Waals surface area contributed by atoms with Crippen molar-refractivity contribution < 1.29 is 24.2 Å². The number of carboxylic acid groups (broad SMARTS) is 1. The van der Waals surface area contributed by atoms with Gasteiger partial charge in [-0.15, -0.1) is 0 Å². The number of carbonyl (C=O) groups excluding carboxylic acids is 1. The second kappa shape index (κ2) is 6.07. The van der Waals surface area contributed by atoms with Crippen molar-refractivity contribution in [3.05, 3.63) is 23.3 Å². The Morgan fingerprint density at radius 1 is 1.35 bits per heavy atom. The van der Waals surface area contributed by atoms with Gasteiger partial charge in [0.15, 0.2) is 0 Å². The van der Waals surface area contributed by atoms with Crippen LogP contribution < -0.4 is 20.1 Å². The third kappa shape index (κ3) is 2.95. The smallest absolute Gasteiger partial charge is 0.405 e. The molecule has 1 heterocycles. The number of ether oxygens (including phenoxy) is 2. The zero-order valence-corrected chi connectivity index (χ0v) is 15.0. The molecule has 2 amide bonds. The first kappa shape index (κ1) is 17.0. The summed E-state index contributed by atoms with van der Waals surface area (Å²) in [4.78, 5) is 22.5. The van der Waals surface area contributed by atoms with Crippen molar-refractivity contribution in [1.82, 2.24) is 10.6 Å². The van der Waals surface area contributed by atoms with Gasteiger partial charge >= 0.3 is 6.09 Å². The molecule has 2 fully saturated rings. The van der Waals surface area contributed by atoms with Crippen LogP contribution in [0.5, 0.6) is 11.5 Å². The Hall–Kier alpha value is -2.44. The molecule has 3 N–H and O–H groups in total. The van der Waals surface area contributed by atoms with Gasteiger partial charge in [0.2, 0.25) is 5.91 Å². The van der Waals surface area contributed by atoms with Crippen LogP contribution in [0.4, 0.5) is 4.79 Å². The Labute approximate surface area is 152 Å². The van der Waals surface area contributed by atoms with Gasteiger partial charge in [-0.25, -0.2) is 4.79 Å². The van der Waals surface area contributed by atoms with Crippen LogP contribution in [0, 0.1) is 6.92 Å². The van der Waals surface area contributed by atoms with Crippen LogP contribution in [0.1, 0.15) is 43.7 Å². The van der Waals surface area contributed by atoms with E-state index in [1.807, 2.05) is 12.1 Å². The summed E-state index contributed by atoms with van der Waals surface area (Å²) in [5, 5.41) is 13.7. The molecule has 1 spiro atoms. The van der Waals surface area contributed by atoms with Crippen molar-refractivity contribution in [2.24, 2.45) is 0 Å². The zero-order chi connectivity index (χ0) is 18.5. The molecule has 1 aromatic carbocycles. The van der Waals surface area contributed by atoms with E-state index >= 15 is 0 Å². The van der Waals surface area contributed by atoms with Crippen molar-refractivity contribution in [2.45, 2.75) is 63.1 Å². The van der Waals surface area contributed by atoms with E-state index in [0.717, 1.165) is 49.4 Å². The summed E-state index contributed by atoms with van der Waals surface area (Å²) in [5.74, 6) is 1.59. The van der Waals surface area contributed by atoms with E-state index in [-0.39, 0.29) is 23.5 Å². The maximum Gasteiger partial charge on any atom is 0.405 e. The van der Waals surface area contributed by atoms with Crippen molar-refractivity contribution in [3.63, 3.8) is 0 Å². The lowest BCUT2D eigenvalue weighted by Gasteiger charge is -2.37. The lowest BCUT2D eigenvalue weighted by molar-refractivity contribution is -0.124. The van der Waals surface area contributed by atoms with Gasteiger partial charge < -0.3 is 25.2 Å². The fraction of sp³-hybridized carbons (Fsp3) is 0.579. The van der Waals surface area contributed by atoms with Crippen LogP contribution in [0.15, 0.2) is 12.1 Å². The molecule has 1 aliphatic heterocycles. The van der Waals surface area contributed by atoms with Crippen molar-refractivity contribution in [2.75, 3.05) is 6.61 Å². The molecular formula is C19H24N2O5. The molecule has 0 saturated heterocycles. The van der Waals surface area contributed by atoms with E-state index in [4.69, 9.17) is 14.6 Å². The molecule has 140 valence electrons. The number of aryl methyl sites for hydroxylation is 1. The highest BCUT2D eigenvalue weighted by Gasteiger charge is 2.53. The molecule has 7 nitrogen and oxygen atoms in total. The molecule has 0 radical (unpaired) electrons. The van der Waals surface area contributed by atoms with Gasteiger partial charge in [-0.1, -0.05) is 6.07 Å². The van der Waals surface area contributed by atoms with Crippen molar-refractivity contribution in [1.29, 1.82) is 0 Å². The first-order chi connectivity index (χ1) is 12.4. The molecule has 2 aliphatic carbocycles. The van der Waals surface area contributed by atoms with Crippen molar-refractivity contribution >= 4 is 12.0 Å². The molecule has 1 atom stereocenters. The van der Waals surface area contributed by atoms with Crippen LogP contribution in [0.3, 0.4) is 0 Å². The second-order valence-electron chi connectivity index (χ2n) is 7.74. The summed E-state index contributed by atoms with van der Waals surface area (Å²) in [7, 11) is 0. The lowest BCUT2D eigenvalue weighted by atomic mass is 9.88. The molecule has 7 heteroatoms. The van der Waals surface area contributed by atoms with Crippen LogP contribution in [-0.4, -0.2) is 41.9 Å². The number of hydrogen-bond donors (Lipinski definition) is 3. The number of benzene rings is 1. The zero-order valence-electron chi connectivity index (χ0n) is 15.0. The monoisotopic (exact) mass is 360 g/mol. The van der Waals surface area contributed by atoms with Gasteiger partial charge in [0.05, 0.1) is 6.61 Å². The highest BCUT2D eigenvalue weighted by Crippen LogP contribution is 2.59. The highest BCUT2D eigenvalue weighted by molar-refractivity contribution is 5.85. The normalized spacial score (nSPS) is 25.5. The van der Waals surface area contributed by atoms with E-state index in [0.29, 0.717) is 0 Å². The molecule has 0 unspecified atom stereocenters. The first-order valence-electron chi connectivity index (χ1n) is 9.11. The van der Waals surface area contributed by atoms with E-state index in [1.165, 1.54) is 12.5 Å². The van der Waals surface area contributed by atoms with E-state index < -0.39 is 12.1 Å². The van der Waals surface area contributed by atoms with Gasteiger partial charge in [0, 0.05) is 29.9 Å². The minimum atomic E-state index is -1.20. The first-order valence-corrected chi connectivity index (χ1v) is 9.11. The Morgan fingerprint density at radius 3 is 2.73 bits per heavy atom. The highest BCUT2D eigenvalue weighted by atomic mass is 16.5. The number of amides is 2. The minimum Gasteiger partial charge on any atom is -0.492 e. The summed E-state index contributed by atoms with van der Waals surface area (Å²) < 4.78 is 12.1. The van der Waals surface area contributed by atoms with Gasteiger partial charge in [-0.05, 0) is 38.3 Å². The van der Waals surface area contributed by atoms with Crippen LogP contribution >= 0.6 is 0 Å². The van der Waals surface area contributed by atoms with Gasteiger partial charge in [-0.2, -0.15) is 0 Å². The van der Waals surface area contributed by atoms with Crippen LogP contribution in [0.25, 0.3) is 0 Å². The quantitative estimate of drug-likeness (QED) is 0.747. The van der Waals surface area contributed by atoms with Gasteiger partial charge in [-0.3, -0.25) is 4.79 Å². The molecule has 0 bridgehead atoms. The number of fused-ring (bicyclic) bond motifs is 2. The fourth-order valence-electron chi connectivity index (χ4n) is 3.82. The minimum absolute atomic E-state index is 0.0233. The summed E-state index contributed by atoms with van der Waals surface area (Å²) in [6, 6.07) is 3.33. The average Bonchev–Trinajstić information content (AvgIpc) is 3.21. The maximum atomic E-state index is 11.9. The third-order valence-corrected chi connectivity index (χ3v) is 5.66. The maximum absolute atomic E-state index is 11.9. The van der Waals surface area contributed by atoms with Gasteiger partial charge in [0.1, 0.15) is 23.6 Å². The standard InChI is InChI=1S/C19H24N2O5/c1-10-3-4-14(15-16(10)25-9-19(15)5-6-19)26-13-7-12(8-13)21-17(22)11(2)20-18(23)24/h3-4,11-13,20H,5-9H2,1-2H3,(H,21,22)(H,23,24)/t11-,12?,13?/m1/s1. The molecule has 1 aromatic rings. The summed E-state index contributed by atoms with van der Waals surface area (Å²) in [5.41, 5.74) is 2.53. The van der Waals surface area contributed by atoms with Crippen molar-refractivity contribution in [3.8, 4) is 11.5 Å². The number of hydrogen-bond acceptors (Lipinski definition) is 4. The Morgan fingerprint density at radius 2 is 2.08 bits per heavy atom. The molecule has 3 aliphatic rings. The average molecular weight is 360 g/mol. The Bertz CT molecular complexity index is 753. The second-order valence-corrected chi connectivity index (χ2v) is 7.74. The van der Waals surface area contributed by atoms with E-state index in [1.54, 1.807) is 0 Å². The third-order valence-electron chi connectivity index (χ3n) is 5.66. The van der Waals surface area contributed by atoms with E-state index in [2.05, 4.69) is 17.6 Å². The summed E-state index contributed by atoms with van der Waals surface area (Å²) in [6.45, 7) is 4.34. The molecule has 4 rings (SSSR count). The summed E-state index contributed by atoms with van der Waals surface area (Å²) in [6.07, 6.45) is 2.61. The van der Waals surface area contributed by atoms with Gasteiger partial charge in [0.25, 0.3) is 0 Å². The predicted octanol–water partition coefficient (Wildman–Crippen LogP) is 2.10. The topological polar surface area (TPSA) is 96.9 Å². The molecule has 2 saturated carbocycles. The van der Waals surface area contributed by atoms with Crippen LogP contribution in [-0.2, 0) is 10.2 Å². The SMILES string of the molecule is Cc1ccc(OC2CC(NC(=O)[C@@H](C)NC(=O)O)C2)c2c1OCC21CC1. The Balaban J connectivity index is 1.34. The number of carbonyl (C=O) groups is 2. The largest absolute Gasteiger partial charge is 0.492 e. The lowest BCUT2D eigenvalue weighted by Crippen LogP contribution is -2.54. The fourth-order valence-corrected chi connectivity index (χ4v) is 3.82. The number of rotatable bonds is 5. The number of nitrogens with one attached hydrogen (secondary N) is 2. The molecule has 0 aromatic heterocycles. The van der Waals surface area contributed by atoms with E-state index in [9.17, 15) is 9.59 Å². The van der Waals surface area contributed by atoms with Crippen LogP contribution in [0.2, 0.25) is 0 Å². The summed E-state index contributed by atoms with van der Waals surface area (Å²) >= 11 is 0. The Kier molecular flexibility index (Phi) is 3.97. The molecule has 26 heavy (non-hydrogen) atoms. The molecular weight excluding hydrogens is 336 g/mol. The predicted molar refractivity (Wildman–Crippen MR) is 93.8 cm³/mol.